The van der Waals surface area contributed by atoms with Gasteiger partial charge < -0.3 is 18.9 Å². The van der Waals surface area contributed by atoms with Crippen LogP contribution in [-0.4, -0.2) is 19.1 Å². The van der Waals surface area contributed by atoms with Crippen LogP contribution in [0, 0.1) is 6.92 Å². The lowest BCUT2D eigenvalue weighted by Gasteiger charge is -2.05. The topological polar surface area (TPSA) is 64.6 Å². The molecule has 5 nitrogen and oxygen atoms in total. The summed E-state index contributed by atoms with van der Waals surface area (Å²) in [4.78, 5) is 11.7. The van der Waals surface area contributed by atoms with Gasteiger partial charge in [-0.2, -0.15) is 0 Å². The fourth-order valence-electron chi connectivity index (χ4n) is 1.66. The van der Waals surface area contributed by atoms with E-state index in [9.17, 15) is 4.79 Å². The lowest BCUT2D eigenvalue weighted by atomic mass is 10.2. The molecule has 0 saturated heterocycles. The van der Waals surface area contributed by atoms with Crippen molar-refractivity contribution in [2.75, 3.05) is 13.2 Å². The average molecular weight is 263 g/mol. The van der Waals surface area contributed by atoms with E-state index in [2.05, 4.69) is 5.32 Å². The SMILES string of the molecule is Cc1occc1C(=O)NCCCOCc1ccco1. The number of hydrogen-bond donors (Lipinski definition) is 1. The first-order chi connectivity index (χ1) is 9.27. The molecule has 0 saturated carbocycles. The van der Waals surface area contributed by atoms with Crippen LogP contribution in [-0.2, 0) is 11.3 Å². The van der Waals surface area contributed by atoms with Crippen molar-refractivity contribution in [1.29, 1.82) is 0 Å². The summed E-state index contributed by atoms with van der Waals surface area (Å²) in [5, 5.41) is 2.82. The molecule has 0 aliphatic rings. The monoisotopic (exact) mass is 263 g/mol. The quantitative estimate of drug-likeness (QED) is 0.779. The molecule has 0 fully saturated rings. The summed E-state index contributed by atoms with van der Waals surface area (Å²) in [6.07, 6.45) is 3.88. The second-order valence-electron chi connectivity index (χ2n) is 4.13. The second-order valence-corrected chi connectivity index (χ2v) is 4.13. The summed E-state index contributed by atoms with van der Waals surface area (Å²) in [6, 6.07) is 5.35. The van der Waals surface area contributed by atoms with Crippen LogP contribution in [0.2, 0.25) is 0 Å². The van der Waals surface area contributed by atoms with Gasteiger partial charge in [-0.15, -0.1) is 0 Å². The van der Waals surface area contributed by atoms with E-state index in [1.165, 1.54) is 6.26 Å². The Bertz CT molecular complexity index is 501. The number of aryl methyl sites for hydroxylation is 1. The fourth-order valence-corrected chi connectivity index (χ4v) is 1.66. The largest absolute Gasteiger partial charge is 0.469 e. The number of amides is 1. The Morgan fingerprint density at radius 1 is 1.32 bits per heavy atom. The van der Waals surface area contributed by atoms with E-state index in [0.717, 1.165) is 12.2 Å². The summed E-state index contributed by atoms with van der Waals surface area (Å²) < 4.78 is 15.6. The van der Waals surface area contributed by atoms with Crippen LogP contribution in [0.15, 0.2) is 39.6 Å². The highest BCUT2D eigenvalue weighted by Crippen LogP contribution is 2.08. The van der Waals surface area contributed by atoms with Gasteiger partial charge in [-0.25, -0.2) is 0 Å². The van der Waals surface area contributed by atoms with Crippen molar-refractivity contribution in [3.05, 3.63) is 47.8 Å². The first-order valence-corrected chi connectivity index (χ1v) is 6.20. The predicted octanol–water partition coefficient (Wildman–Crippen LogP) is 2.52. The number of carbonyl (C=O) groups excluding carboxylic acids is 1. The Morgan fingerprint density at radius 2 is 2.21 bits per heavy atom. The normalized spacial score (nSPS) is 10.6. The van der Waals surface area contributed by atoms with E-state index < -0.39 is 0 Å². The average Bonchev–Trinajstić information content (AvgIpc) is 3.04. The lowest BCUT2D eigenvalue weighted by molar-refractivity contribution is 0.0916. The molecule has 2 aromatic rings. The van der Waals surface area contributed by atoms with Gasteiger partial charge in [-0.1, -0.05) is 0 Å². The van der Waals surface area contributed by atoms with E-state index in [0.29, 0.717) is 31.1 Å². The summed E-state index contributed by atoms with van der Waals surface area (Å²) in [5.41, 5.74) is 0.580. The van der Waals surface area contributed by atoms with Gasteiger partial charge in [-0.05, 0) is 31.5 Å². The van der Waals surface area contributed by atoms with Gasteiger partial charge in [0.25, 0.3) is 5.91 Å². The maximum Gasteiger partial charge on any atom is 0.254 e. The van der Waals surface area contributed by atoms with Crippen molar-refractivity contribution in [2.45, 2.75) is 20.0 Å². The van der Waals surface area contributed by atoms with Crippen molar-refractivity contribution < 1.29 is 18.4 Å². The minimum atomic E-state index is -0.114. The van der Waals surface area contributed by atoms with E-state index >= 15 is 0 Å². The Morgan fingerprint density at radius 3 is 2.89 bits per heavy atom. The van der Waals surface area contributed by atoms with E-state index in [-0.39, 0.29) is 5.91 Å². The van der Waals surface area contributed by atoms with Crippen molar-refractivity contribution in [3.63, 3.8) is 0 Å². The molecule has 2 heterocycles. The number of nitrogens with one attached hydrogen (secondary N) is 1. The molecule has 1 amide bonds. The molecule has 5 heteroatoms. The van der Waals surface area contributed by atoms with Crippen LogP contribution in [0.3, 0.4) is 0 Å². The number of furan rings is 2. The summed E-state index contributed by atoms with van der Waals surface area (Å²) >= 11 is 0. The molecule has 102 valence electrons. The fraction of sp³-hybridized carbons (Fsp3) is 0.357. The maximum absolute atomic E-state index is 11.7. The van der Waals surface area contributed by atoms with Gasteiger partial charge in [0, 0.05) is 13.2 Å². The Kier molecular flexibility index (Phi) is 4.80. The molecule has 0 aliphatic heterocycles. The lowest BCUT2D eigenvalue weighted by Crippen LogP contribution is -2.25. The van der Waals surface area contributed by atoms with Crippen molar-refractivity contribution in [3.8, 4) is 0 Å². The Hall–Kier alpha value is -2.01. The molecule has 0 radical (unpaired) electrons. The van der Waals surface area contributed by atoms with Gasteiger partial charge in [0.15, 0.2) is 0 Å². The van der Waals surface area contributed by atoms with Crippen LogP contribution in [0.5, 0.6) is 0 Å². The predicted molar refractivity (Wildman–Crippen MR) is 68.8 cm³/mol. The molecule has 0 spiro atoms. The molecule has 0 atom stereocenters. The number of ether oxygens (including phenoxy) is 1. The molecule has 0 bridgehead atoms. The molecule has 0 aliphatic carbocycles. The number of rotatable bonds is 7. The zero-order valence-corrected chi connectivity index (χ0v) is 10.8. The summed E-state index contributed by atoms with van der Waals surface area (Å²) in [5.74, 6) is 1.32. The van der Waals surface area contributed by atoms with Gasteiger partial charge in [-0.3, -0.25) is 4.79 Å². The molecular formula is C14H17NO4. The molecule has 2 aromatic heterocycles. The van der Waals surface area contributed by atoms with Crippen molar-refractivity contribution >= 4 is 5.91 Å². The van der Waals surface area contributed by atoms with Gasteiger partial charge in [0.05, 0.1) is 18.1 Å². The molecule has 0 aromatic carbocycles. The van der Waals surface area contributed by atoms with Crippen LogP contribution >= 0.6 is 0 Å². The van der Waals surface area contributed by atoms with Crippen molar-refractivity contribution in [1.82, 2.24) is 5.32 Å². The van der Waals surface area contributed by atoms with Crippen LogP contribution in [0.25, 0.3) is 0 Å². The standard InChI is InChI=1S/C14H17NO4/c1-11-13(5-9-18-11)14(16)15-6-3-7-17-10-12-4-2-8-19-12/h2,4-5,8-9H,3,6-7,10H2,1H3,(H,15,16). The third-order valence-corrected chi connectivity index (χ3v) is 2.68. The Balaban J connectivity index is 1.57. The van der Waals surface area contributed by atoms with E-state index in [1.807, 2.05) is 12.1 Å². The summed E-state index contributed by atoms with van der Waals surface area (Å²) in [7, 11) is 0. The van der Waals surface area contributed by atoms with Crippen molar-refractivity contribution in [2.24, 2.45) is 0 Å². The van der Waals surface area contributed by atoms with Gasteiger partial charge in [0.1, 0.15) is 18.1 Å². The second kappa shape index (κ2) is 6.80. The van der Waals surface area contributed by atoms with E-state index in [1.54, 1.807) is 19.3 Å². The number of hydrogen-bond acceptors (Lipinski definition) is 4. The molecule has 2 rings (SSSR count). The van der Waals surface area contributed by atoms with Crippen LogP contribution in [0.4, 0.5) is 0 Å². The van der Waals surface area contributed by atoms with E-state index in [4.69, 9.17) is 13.6 Å². The van der Waals surface area contributed by atoms with Gasteiger partial charge in [0.2, 0.25) is 0 Å². The molecule has 1 N–H and O–H groups in total. The maximum atomic E-state index is 11.7. The van der Waals surface area contributed by atoms with Crippen LogP contribution in [0.1, 0.15) is 28.3 Å². The molecular weight excluding hydrogens is 246 g/mol. The highest BCUT2D eigenvalue weighted by Gasteiger charge is 2.09. The molecule has 19 heavy (non-hydrogen) atoms. The highest BCUT2D eigenvalue weighted by atomic mass is 16.5. The van der Waals surface area contributed by atoms with Crippen LogP contribution < -0.4 is 5.32 Å². The first-order valence-electron chi connectivity index (χ1n) is 6.20. The smallest absolute Gasteiger partial charge is 0.254 e. The first kappa shape index (κ1) is 13.4. The Labute approximate surface area is 111 Å². The molecule has 0 unspecified atom stereocenters. The van der Waals surface area contributed by atoms with Gasteiger partial charge >= 0.3 is 0 Å². The third kappa shape index (κ3) is 3.99. The number of carbonyl (C=O) groups is 1. The highest BCUT2D eigenvalue weighted by molar-refractivity contribution is 5.94. The third-order valence-electron chi connectivity index (χ3n) is 2.68. The minimum absolute atomic E-state index is 0.114. The zero-order chi connectivity index (χ0) is 13.5. The zero-order valence-electron chi connectivity index (χ0n) is 10.8. The summed E-state index contributed by atoms with van der Waals surface area (Å²) in [6.45, 7) is 3.37. The minimum Gasteiger partial charge on any atom is -0.469 e.